The predicted octanol–water partition coefficient (Wildman–Crippen LogP) is -1.39. The van der Waals surface area contributed by atoms with Crippen LogP contribution in [0.25, 0.3) is 10.9 Å². The smallest absolute Gasteiger partial charge is 0.326 e. The van der Waals surface area contributed by atoms with Gasteiger partial charge in [0.2, 0.25) is 17.7 Å². The lowest BCUT2D eigenvalue weighted by molar-refractivity contribution is -0.143. The zero-order valence-electron chi connectivity index (χ0n) is 19.8. The Labute approximate surface area is 202 Å². The molecule has 0 aliphatic heterocycles. The molecule has 0 fully saturated rings. The maximum absolute atomic E-state index is 12.9. The van der Waals surface area contributed by atoms with Gasteiger partial charge in [-0.2, -0.15) is 0 Å². The number of amides is 3. The third kappa shape index (κ3) is 7.25. The van der Waals surface area contributed by atoms with Gasteiger partial charge in [-0.05, 0) is 24.5 Å². The first kappa shape index (κ1) is 27.8. The van der Waals surface area contributed by atoms with Crippen LogP contribution in [0.5, 0.6) is 0 Å². The minimum Gasteiger partial charge on any atom is -0.480 e. The number of hydrogen-bond acceptors (Lipinski definition) is 7. The van der Waals surface area contributed by atoms with Crippen LogP contribution in [0.1, 0.15) is 26.3 Å². The number of aromatic nitrogens is 1. The Kier molecular flexibility index (Phi) is 9.75. The number of para-hydroxylation sites is 1. The number of carboxylic acid groups (broad SMARTS) is 1. The molecule has 0 spiro atoms. The largest absolute Gasteiger partial charge is 0.480 e. The van der Waals surface area contributed by atoms with Gasteiger partial charge in [0.25, 0.3) is 0 Å². The number of nitrogens with two attached hydrogens (primary N) is 1. The van der Waals surface area contributed by atoms with E-state index in [2.05, 4.69) is 20.9 Å². The molecule has 9 N–H and O–H groups in total. The van der Waals surface area contributed by atoms with E-state index >= 15 is 0 Å². The van der Waals surface area contributed by atoms with E-state index in [4.69, 9.17) is 10.8 Å². The lowest BCUT2D eigenvalue weighted by Gasteiger charge is -2.28. The molecule has 2 aromatic rings. The summed E-state index contributed by atoms with van der Waals surface area (Å²) < 4.78 is 0. The van der Waals surface area contributed by atoms with Crippen molar-refractivity contribution < 1.29 is 34.5 Å². The van der Waals surface area contributed by atoms with Crippen LogP contribution in [-0.4, -0.2) is 80.9 Å². The fraction of sp³-hybridized carbons (Fsp3) is 0.478. The third-order valence-electron chi connectivity index (χ3n) is 5.56. The van der Waals surface area contributed by atoms with Crippen LogP contribution >= 0.6 is 0 Å². The molecule has 12 heteroatoms. The third-order valence-corrected chi connectivity index (χ3v) is 5.56. The second-order valence-electron chi connectivity index (χ2n) is 8.71. The van der Waals surface area contributed by atoms with Gasteiger partial charge in [0.1, 0.15) is 24.2 Å². The van der Waals surface area contributed by atoms with Crippen LogP contribution in [0.15, 0.2) is 30.5 Å². The first-order chi connectivity index (χ1) is 16.5. The Morgan fingerprint density at radius 3 is 2.14 bits per heavy atom. The molecular formula is C23H33N5O7. The highest BCUT2D eigenvalue weighted by molar-refractivity contribution is 5.94. The van der Waals surface area contributed by atoms with Gasteiger partial charge in [0.05, 0.1) is 12.7 Å². The molecule has 35 heavy (non-hydrogen) atoms. The summed E-state index contributed by atoms with van der Waals surface area (Å²) in [7, 11) is 0. The minimum absolute atomic E-state index is 0.0325. The molecule has 5 atom stereocenters. The maximum atomic E-state index is 12.9. The van der Waals surface area contributed by atoms with Gasteiger partial charge in [0, 0.05) is 23.5 Å². The molecule has 0 saturated carbocycles. The molecule has 0 bridgehead atoms. The van der Waals surface area contributed by atoms with Crippen molar-refractivity contribution in [1.29, 1.82) is 0 Å². The number of aromatic amines is 1. The van der Waals surface area contributed by atoms with E-state index in [0.717, 1.165) is 10.9 Å². The molecule has 3 amide bonds. The van der Waals surface area contributed by atoms with Crippen molar-refractivity contribution in [3.05, 3.63) is 36.0 Å². The van der Waals surface area contributed by atoms with Gasteiger partial charge in [0.15, 0.2) is 0 Å². The van der Waals surface area contributed by atoms with Crippen LogP contribution < -0.4 is 21.7 Å². The van der Waals surface area contributed by atoms with E-state index in [1.54, 1.807) is 20.0 Å². The van der Waals surface area contributed by atoms with Crippen molar-refractivity contribution >= 4 is 34.6 Å². The highest BCUT2D eigenvalue weighted by atomic mass is 16.4. The van der Waals surface area contributed by atoms with E-state index < -0.39 is 66.5 Å². The summed E-state index contributed by atoms with van der Waals surface area (Å²) in [5, 5.41) is 36.8. The van der Waals surface area contributed by atoms with Crippen molar-refractivity contribution in [2.24, 2.45) is 11.7 Å². The van der Waals surface area contributed by atoms with Gasteiger partial charge in [-0.1, -0.05) is 32.0 Å². The lowest BCUT2D eigenvalue weighted by atomic mass is 10.0. The number of aliphatic hydroxyl groups excluding tert-OH is 2. The van der Waals surface area contributed by atoms with Gasteiger partial charge in [-0.25, -0.2) is 4.79 Å². The number of fused-ring (bicyclic) bond motifs is 1. The van der Waals surface area contributed by atoms with Crippen molar-refractivity contribution in [2.75, 3.05) is 6.61 Å². The summed E-state index contributed by atoms with van der Waals surface area (Å²) in [5.74, 6) is -4.14. The molecule has 1 aromatic heterocycles. The average Bonchev–Trinajstić information content (AvgIpc) is 3.21. The Balaban J connectivity index is 2.15. The molecule has 0 saturated heterocycles. The molecule has 12 nitrogen and oxygen atoms in total. The molecule has 2 rings (SSSR count). The number of carbonyl (C=O) groups excluding carboxylic acids is 3. The molecule has 1 aromatic carbocycles. The molecule has 0 aliphatic rings. The van der Waals surface area contributed by atoms with E-state index in [9.17, 15) is 29.4 Å². The minimum atomic E-state index is -1.49. The number of carboxylic acids is 1. The Hall–Kier alpha value is -3.48. The number of carbonyl (C=O) groups is 4. The molecule has 1 heterocycles. The number of hydrogen-bond donors (Lipinski definition) is 8. The molecule has 192 valence electrons. The van der Waals surface area contributed by atoms with Gasteiger partial charge in [-0.3, -0.25) is 14.4 Å². The summed E-state index contributed by atoms with van der Waals surface area (Å²) in [6, 6.07) is 2.13. The Bertz CT molecular complexity index is 1050. The standard InChI is InChI=1S/C23H33N5O7/c1-11(2)18(27-20(31)15(24)10-29)21(32)28-19(12(3)30)22(33)26-17(23(34)35)8-13-9-25-16-7-5-4-6-14(13)16/h4-7,9,11-12,15,17-19,25,29-30H,8,10,24H2,1-3H3,(H,26,33)(H,27,31)(H,28,32)(H,34,35). The average molecular weight is 492 g/mol. The fourth-order valence-corrected chi connectivity index (χ4v) is 3.51. The van der Waals surface area contributed by atoms with Crippen LogP contribution in [0, 0.1) is 5.92 Å². The summed E-state index contributed by atoms with van der Waals surface area (Å²) in [5.41, 5.74) is 6.97. The molecular weight excluding hydrogens is 458 g/mol. The fourth-order valence-electron chi connectivity index (χ4n) is 3.51. The highest BCUT2D eigenvalue weighted by Crippen LogP contribution is 2.19. The molecule has 0 radical (unpaired) electrons. The number of benzene rings is 1. The number of aliphatic carboxylic acids is 1. The van der Waals surface area contributed by atoms with Gasteiger partial charge >= 0.3 is 5.97 Å². The second-order valence-corrected chi connectivity index (χ2v) is 8.71. The maximum Gasteiger partial charge on any atom is 0.326 e. The summed E-state index contributed by atoms with van der Waals surface area (Å²) in [4.78, 5) is 52.7. The first-order valence-electron chi connectivity index (χ1n) is 11.2. The van der Waals surface area contributed by atoms with Gasteiger partial charge < -0.3 is 42.0 Å². The van der Waals surface area contributed by atoms with E-state index in [1.807, 2.05) is 24.3 Å². The summed E-state index contributed by atoms with van der Waals surface area (Å²) >= 11 is 0. The SMILES string of the molecule is CC(C)C(NC(=O)C(N)CO)C(=O)NC(C(=O)NC(Cc1c[nH]c2ccccc12)C(=O)O)C(C)O. The number of aliphatic hydroxyl groups is 2. The van der Waals surface area contributed by atoms with Crippen molar-refractivity contribution in [1.82, 2.24) is 20.9 Å². The molecule has 0 aliphatic carbocycles. The highest BCUT2D eigenvalue weighted by Gasteiger charge is 2.34. The quantitative estimate of drug-likeness (QED) is 0.177. The number of H-pyrrole nitrogens is 1. The summed E-state index contributed by atoms with van der Waals surface area (Å²) in [6.45, 7) is 3.94. The van der Waals surface area contributed by atoms with Crippen LogP contribution in [0.2, 0.25) is 0 Å². The van der Waals surface area contributed by atoms with E-state index in [-0.39, 0.29) is 6.42 Å². The van der Waals surface area contributed by atoms with Crippen LogP contribution in [0.3, 0.4) is 0 Å². The van der Waals surface area contributed by atoms with E-state index in [1.165, 1.54) is 6.92 Å². The van der Waals surface area contributed by atoms with Crippen molar-refractivity contribution in [2.45, 2.75) is 57.5 Å². The van der Waals surface area contributed by atoms with E-state index in [0.29, 0.717) is 5.56 Å². The van der Waals surface area contributed by atoms with Gasteiger partial charge in [-0.15, -0.1) is 0 Å². The monoisotopic (exact) mass is 491 g/mol. The Morgan fingerprint density at radius 2 is 1.57 bits per heavy atom. The first-order valence-corrected chi connectivity index (χ1v) is 11.2. The number of nitrogens with one attached hydrogen (secondary N) is 4. The normalized spacial score (nSPS) is 15.6. The van der Waals surface area contributed by atoms with Crippen molar-refractivity contribution in [3.8, 4) is 0 Å². The topological polar surface area (TPSA) is 207 Å². The second kappa shape index (κ2) is 12.3. The van der Waals surface area contributed by atoms with Crippen LogP contribution in [0.4, 0.5) is 0 Å². The van der Waals surface area contributed by atoms with Crippen LogP contribution in [-0.2, 0) is 25.6 Å². The predicted molar refractivity (Wildman–Crippen MR) is 127 cm³/mol. The zero-order valence-corrected chi connectivity index (χ0v) is 19.8. The Morgan fingerprint density at radius 1 is 0.971 bits per heavy atom. The van der Waals surface area contributed by atoms with Crippen molar-refractivity contribution in [3.63, 3.8) is 0 Å². The summed E-state index contributed by atoms with van der Waals surface area (Å²) in [6.07, 6.45) is 0.257. The number of rotatable bonds is 12. The molecule has 5 unspecified atom stereocenters. The zero-order chi connectivity index (χ0) is 26.3. The lowest BCUT2D eigenvalue weighted by Crippen LogP contribution is -2.61.